The van der Waals surface area contributed by atoms with E-state index in [1.54, 1.807) is 24.3 Å². The topological polar surface area (TPSA) is 86.9 Å². The second-order valence-corrected chi connectivity index (χ2v) is 6.51. The number of hydrogen-bond donors (Lipinski definition) is 3. The molecule has 1 aromatic heterocycles. The number of benzene rings is 1. The number of anilines is 1. The summed E-state index contributed by atoms with van der Waals surface area (Å²) in [5.41, 5.74) is 0.921. The molecule has 0 amide bonds. The highest BCUT2D eigenvalue weighted by Crippen LogP contribution is 2.24. The van der Waals surface area contributed by atoms with E-state index in [4.69, 9.17) is 11.6 Å². The van der Waals surface area contributed by atoms with Crippen LogP contribution in [0.15, 0.2) is 35.5 Å². The normalized spacial score (nSPS) is 11.5. The van der Waals surface area contributed by atoms with E-state index in [-0.39, 0.29) is 5.03 Å². The van der Waals surface area contributed by atoms with Crippen LogP contribution in [0.3, 0.4) is 0 Å². The minimum atomic E-state index is -3.75. The first kappa shape index (κ1) is 15.8. The molecule has 0 radical (unpaired) electrons. The third-order valence-electron chi connectivity index (χ3n) is 2.81. The lowest BCUT2D eigenvalue weighted by atomic mass is 10.3. The van der Waals surface area contributed by atoms with Gasteiger partial charge in [0, 0.05) is 12.1 Å². The standard InChI is InChI=1S/C13H17ClN4O2S/c1-2-7-15-8-10-9-16-17-13(10)21(19,20)18-12-6-4-3-5-11(12)14/h3-6,9,15,18H,2,7-8H2,1H3,(H,16,17). The van der Waals surface area contributed by atoms with E-state index in [9.17, 15) is 8.42 Å². The first-order valence-electron chi connectivity index (χ1n) is 6.55. The number of rotatable bonds is 7. The van der Waals surface area contributed by atoms with Crippen molar-refractivity contribution in [1.29, 1.82) is 0 Å². The average molecular weight is 329 g/mol. The highest BCUT2D eigenvalue weighted by Gasteiger charge is 2.21. The molecule has 21 heavy (non-hydrogen) atoms. The maximum atomic E-state index is 12.4. The molecular formula is C13H17ClN4O2S. The van der Waals surface area contributed by atoms with Gasteiger partial charge in [-0.1, -0.05) is 30.7 Å². The molecular weight excluding hydrogens is 312 g/mol. The molecule has 0 atom stereocenters. The van der Waals surface area contributed by atoms with E-state index in [2.05, 4.69) is 20.2 Å². The molecule has 0 fully saturated rings. The highest BCUT2D eigenvalue weighted by molar-refractivity contribution is 7.92. The van der Waals surface area contributed by atoms with Gasteiger partial charge in [0.1, 0.15) is 0 Å². The van der Waals surface area contributed by atoms with Crippen molar-refractivity contribution in [1.82, 2.24) is 15.5 Å². The Morgan fingerprint density at radius 1 is 1.33 bits per heavy atom. The lowest BCUT2D eigenvalue weighted by molar-refractivity contribution is 0.593. The van der Waals surface area contributed by atoms with E-state index >= 15 is 0 Å². The molecule has 1 aromatic carbocycles. The SMILES string of the molecule is CCCNCc1cn[nH]c1S(=O)(=O)Nc1ccccc1Cl. The number of nitrogens with zero attached hydrogens (tertiary/aromatic N) is 1. The van der Waals surface area contributed by atoms with Crippen molar-refractivity contribution in [2.75, 3.05) is 11.3 Å². The molecule has 114 valence electrons. The Morgan fingerprint density at radius 3 is 2.81 bits per heavy atom. The van der Waals surface area contributed by atoms with Crippen molar-refractivity contribution in [2.24, 2.45) is 0 Å². The monoisotopic (exact) mass is 328 g/mol. The maximum absolute atomic E-state index is 12.4. The lowest BCUT2D eigenvalue weighted by Gasteiger charge is -2.09. The summed E-state index contributed by atoms with van der Waals surface area (Å²) in [7, 11) is -3.75. The zero-order valence-electron chi connectivity index (χ0n) is 11.6. The van der Waals surface area contributed by atoms with E-state index < -0.39 is 10.0 Å². The predicted molar refractivity (Wildman–Crippen MR) is 82.8 cm³/mol. The van der Waals surface area contributed by atoms with Gasteiger partial charge in [-0.3, -0.25) is 9.82 Å². The van der Waals surface area contributed by atoms with Crippen LogP contribution in [0.5, 0.6) is 0 Å². The van der Waals surface area contributed by atoms with Crippen molar-refractivity contribution in [2.45, 2.75) is 24.9 Å². The summed E-state index contributed by atoms with van der Waals surface area (Å²) in [5.74, 6) is 0. The number of aromatic nitrogens is 2. The minimum absolute atomic E-state index is 0.0472. The number of nitrogens with one attached hydrogen (secondary N) is 3. The minimum Gasteiger partial charge on any atom is -0.313 e. The molecule has 0 unspecified atom stereocenters. The van der Waals surface area contributed by atoms with Gasteiger partial charge < -0.3 is 5.32 Å². The molecule has 1 heterocycles. The number of para-hydroxylation sites is 1. The summed E-state index contributed by atoms with van der Waals surface area (Å²) in [5, 5.41) is 9.88. The number of aromatic amines is 1. The van der Waals surface area contributed by atoms with Crippen molar-refractivity contribution >= 4 is 27.3 Å². The first-order chi connectivity index (χ1) is 10.0. The fraction of sp³-hybridized carbons (Fsp3) is 0.308. The Labute approximate surface area is 129 Å². The molecule has 0 saturated carbocycles. The van der Waals surface area contributed by atoms with Gasteiger partial charge in [-0.25, -0.2) is 0 Å². The molecule has 0 aliphatic rings. The molecule has 0 bridgehead atoms. The molecule has 2 aromatic rings. The van der Waals surface area contributed by atoms with Gasteiger partial charge in [0.15, 0.2) is 5.03 Å². The molecule has 2 rings (SSSR count). The molecule has 6 nitrogen and oxygen atoms in total. The highest BCUT2D eigenvalue weighted by atomic mass is 35.5. The van der Waals surface area contributed by atoms with E-state index in [1.165, 1.54) is 6.20 Å². The number of halogens is 1. The Bertz CT molecular complexity index is 700. The largest absolute Gasteiger partial charge is 0.313 e. The third kappa shape index (κ3) is 3.96. The zero-order valence-corrected chi connectivity index (χ0v) is 13.1. The zero-order chi connectivity index (χ0) is 15.3. The Hall–Kier alpha value is -1.57. The van der Waals surface area contributed by atoms with E-state index in [0.29, 0.717) is 22.8 Å². The summed E-state index contributed by atoms with van der Waals surface area (Å²) in [6, 6.07) is 6.66. The van der Waals surface area contributed by atoms with Crippen LogP contribution in [0.1, 0.15) is 18.9 Å². The Kier molecular flexibility index (Phi) is 5.22. The average Bonchev–Trinajstić information content (AvgIpc) is 2.91. The van der Waals surface area contributed by atoms with Crippen LogP contribution in [0.2, 0.25) is 5.02 Å². The summed E-state index contributed by atoms with van der Waals surface area (Å²) in [4.78, 5) is 0. The van der Waals surface area contributed by atoms with Crippen LogP contribution in [-0.2, 0) is 16.6 Å². The first-order valence-corrected chi connectivity index (χ1v) is 8.41. The second-order valence-electron chi connectivity index (χ2n) is 4.49. The molecule has 8 heteroatoms. The fourth-order valence-electron chi connectivity index (χ4n) is 1.80. The molecule has 0 saturated heterocycles. The van der Waals surface area contributed by atoms with Gasteiger partial charge in [0.25, 0.3) is 10.0 Å². The third-order valence-corrected chi connectivity index (χ3v) is 4.52. The van der Waals surface area contributed by atoms with Crippen LogP contribution in [0.25, 0.3) is 0 Å². The van der Waals surface area contributed by atoms with E-state index in [0.717, 1.165) is 13.0 Å². The smallest absolute Gasteiger partial charge is 0.279 e. The van der Waals surface area contributed by atoms with Gasteiger partial charge in [-0.2, -0.15) is 13.5 Å². The van der Waals surface area contributed by atoms with Crippen LogP contribution < -0.4 is 10.0 Å². The van der Waals surface area contributed by atoms with Gasteiger partial charge in [-0.05, 0) is 25.1 Å². The number of H-pyrrole nitrogens is 1. The molecule has 0 aliphatic heterocycles. The van der Waals surface area contributed by atoms with Gasteiger partial charge in [0.2, 0.25) is 0 Å². The van der Waals surface area contributed by atoms with E-state index in [1.807, 2.05) is 6.92 Å². The summed E-state index contributed by atoms with van der Waals surface area (Å²) in [6.45, 7) is 3.28. The Balaban J connectivity index is 2.20. The lowest BCUT2D eigenvalue weighted by Crippen LogP contribution is -2.19. The van der Waals surface area contributed by atoms with Crippen LogP contribution in [0.4, 0.5) is 5.69 Å². The summed E-state index contributed by atoms with van der Waals surface area (Å²) >= 11 is 5.97. The van der Waals surface area contributed by atoms with Crippen LogP contribution in [0, 0.1) is 0 Å². The molecule has 3 N–H and O–H groups in total. The fourth-order valence-corrected chi connectivity index (χ4v) is 3.25. The van der Waals surface area contributed by atoms with Gasteiger partial charge in [0.05, 0.1) is 16.9 Å². The Morgan fingerprint density at radius 2 is 2.10 bits per heavy atom. The van der Waals surface area contributed by atoms with Crippen LogP contribution in [-0.4, -0.2) is 25.2 Å². The summed E-state index contributed by atoms with van der Waals surface area (Å²) in [6.07, 6.45) is 2.47. The van der Waals surface area contributed by atoms with Crippen LogP contribution >= 0.6 is 11.6 Å². The van der Waals surface area contributed by atoms with Crippen molar-refractivity contribution < 1.29 is 8.42 Å². The predicted octanol–water partition coefficient (Wildman–Crippen LogP) is 2.36. The van der Waals surface area contributed by atoms with Crippen molar-refractivity contribution in [3.63, 3.8) is 0 Å². The second kappa shape index (κ2) is 6.93. The summed E-state index contributed by atoms with van der Waals surface area (Å²) < 4.78 is 27.3. The quantitative estimate of drug-likeness (QED) is 0.681. The molecule has 0 aliphatic carbocycles. The van der Waals surface area contributed by atoms with Gasteiger partial charge >= 0.3 is 0 Å². The maximum Gasteiger partial charge on any atom is 0.279 e. The van der Waals surface area contributed by atoms with Crippen molar-refractivity contribution in [3.05, 3.63) is 41.0 Å². The van der Waals surface area contributed by atoms with Gasteiger partial charge in [-0.15, -0.1) is 0 Å². The number of hydrogen-bond acceptors (Lipinski definition) is 4. The number of sulfonamides is 1. The van der Waals surface area contributed by atoms with Crippen molar-refractivity contribution in [3.8, 4) is 0 Å². The molecule has 0 spiro atoms.